The number of hydrogen-bond donors (Lipinski definition) is 1. The molecule has 0 atom stereocenters. The number of nitrogens with two attached hydrogens (primary N) is 1. The van der Waals surface area contributed by atoms with Crippen LogP contribution in [0, 0.1) is 5.82 Å². The van der Waals surface area contributed by atoms with Crippen LogP contribution in [-0.4, -0.2) is 0 Å². The SMILES string of the molecule is Nc1ccc(SCc2ccc(F)cc2)c(Cl)c1. The zero-order valence-corrected chi connectivity index (χ0v) is 10.6. The van der Waals surface area contributed by atoms with E-state index in [1.54, 1.807) is 30.0 Å². The second-order valence-electron chi connectivity index (χ2n) is 3.61. The van der Waals surface area contributed by atoms with Gasteiger partial charge in [-0.1, -0.05) is 23.7 Å². The van der Waals surface area contributed by atoms with E-state index in [9.17, 15) is 4.39 Å². The van der Waals surface area contributed by atoms with Crippen molar-refractivity contribution in [3.63, 3.8) is 0 Å². The molecule has 2 rings (SSSR count). The van der Waals surface area contributed by atoms with Gasteiger partial charge in [-0.2, -0.15) is 0 Å². The lowest BCUT2D eigenvalue weighted by molar-refractivity contribution is 0.627. The summed E-state index contributed by atoms with van der Waals surface area (Å²) in [5.41, 5.74) is 7.33. The Morgan fingerprint density at radius 1 is 1.12 bits per heavy atom. The molecule has 0 fully saturated rings. The molecule has 4 heteroatoms. The van der Waals surface area contributed by atoms with Crippen molar-refractivity contribution in [3.05, 3.63) is 58.9 Å². The summed E-state index contributed by atoms with van der Waals surface area (Å²) in [4.78, 5) is 0.977. The largest absolute Gasteiger partial charge is 0.399 e. The molecule has 2 aromatic rings. The van der Waals surface area contributed by atoms with Gasteiger partial charge in [0.05, 0.1) is 5.02 Å². The van der Waals surface area contributed by atoms with Crippen molar-refractivity contribution in [2.75, 3.05) is 5.73 Å². The first-order valence-electron chi connectivity index (χ1n) is 5.07. The molecule has 0 aliphatic carbocycles. The Labute approximate surface area is 109 Å². The van der Waals surface area contributed by atoms with Crippen molar-refractivity contribution >= 4 is 29.1 Å². The molecule has 1 nitrogen and oxygen atoms in total. The van der Waals surface area contributed by atoms with Gasteiger partial charge in [0.15, 0.2) is 0 Å². The van der Waals surface area contributed by atoms with Gasteiger partial charge in [0, 0.05) is 16.3 Å². The van der Waals surface area contributed by atoms with E-state index in [0.29, 0.717) is 10.7 Å². The highest BCUT2D eigenvalue weighted by Crippen LogP contribution is 2.31. The fourth-order valence-corrected chi connectivity index (χ4v) is 2.60. The van der Waals surface area contributed by atoms with Crippen LogP contribution in [0.25, 0.3) is 0 Å². The Kier molecular flexibility index (Phi) is 3.92. The Morgan fingerprint density at radius 2 is 1.82 bits per heavy atom. The number of anilines is 1. The molecule has 0 radical (unpaired) electrons. The third-order valence-electron chi connectivity index (χ3n) is 2.26. The number of benzene rings is 2. The van der Waals surface area contributed by atoms with Crippen LogP contribution < -0.4 is 5.73 Å². The molecule has 0 heterocycles. The molecule has 0 aromatic heterocycles. The summed E-state index contributed by atoms with van der Waals surface area (Å²) in [5, 5.41) is 0.650. The number of halogens is 2. The molecule has 0 aliphatic heterocycles. The second kappa shape index (κ2) is 5.43. The van der Waals surface area contributed by atoms with Crippen molar-refractivity contribution in [2.45, 2.75) is 10.6 Å². The molecule has 0 bridgehead atoms. The topological polar surface area (TPSA) is 26.0 Å². The van der Waals surface area contributed by atoms with Crippen molar-refractivity contribution in [1.82, 2.24) is 0 Å². The number of hydrogen-bond acceptors (Lipinski definition) is 2. The van der Waals surface area contributed by atoms with E-state index >= 15 is 0 Å². The summed E-state index contributed by atoms with van der Waals surface area (Å²) in [6.45, 7) is 0. The third-order valence-corrected chi connectivity index (χ3v) is 3.83. The van der Waals surface area contributed by atoms with Crippen LogP contribution in [0.4, 0.5) is 10.1 Å². The lowest BCUT2D eigenvalue weighted by Gasteiger charge is -2.05. The molecule has 88 valence electrons. The molecule has 0 unspecified atom stereocenters. The third kappa shape index (κ3) is 3.38. The van der Waals surface area contributed by atoms with Crippen LogP contribution in [0.1, 0.15) is 5.56 Å². The van der Waals surface area contributed by atoms with Gasteiger partial charge in [0.2, 0.25) is 0 Å². The quantitative estimate of drug-likeness (QED) is 0.661. The molecule has 0 saturated heterocycles. The molecular weight excluding hydrogens is 257 g/mol. The van der Waals surface area contributed by atoms with Gasteiger partial charge in [-0.3, -0.25) is 0 Å². The van der Waals surface area contributed by atoms with Crippen LogP contribution in [0.2, 0.25) is 5.02 Å². The lowest BCUT2D eigenvalue weighted by atomic mass is 10.2. The maximum atomic E-state index is 12.7. The fourth-order valence-electron chi connectivity index (χ4n) is 1.38. The minimum absolute atomic E-state index is 0.218. The second-order valence-corrected chi connectivity index (χ2v) is 5.03. The zero-order chi connectivity index (χ0) is 12.3. The predicted molar refractivity (Wildman–Crippen MR) is 71.8 cm³/mol. The van der Waals surface area contributed by atoms with Crippen molar-refractivity contribution in [3.8, 4) is 0 Å². The van der Waals surface area contributed by atoms with Gasteiger partial charge in [0.25, 0.3) is 0 Å². The average Bonchev–Trinajstić information content (AvgIpc) is 2.30. The lowest BCUT2D eigenvalue weighted by Crippen LogP contribution is -1.86. The number of thioether (sulfide) groups is 1. The summed E-state index contributed by atoms with van der Waals surface area (Å²) in [6.07, 6.45) is 0. The van der Waals surface area contributed by atoms with Gasteiger partial charge in [-0.15, -0.1) is 11.8 Å². The standard InChI is InChI=1S/C13H11ClFNS/c14-12-7-11(16)5-6-13(12)17-8-9-1-3-10(15)4-2-9/h1-7H,8,16H2. The summed E-state index contributed by atoms with van der Waals surface area (Å²) < 4.78 is 12.7. The maximum Gasteiger partial charge on any atom is 0.123 e. The van der Waals surface area contributed by atoms with Crippen LogP contribution in [0.15, 0.2) is 47.4 Å². The Hall–Kier alpha value is -1.19. The van der Waals surface area contributed by atoms with E-state index < -0.39 is 0 Å². The molecule has 2 aromatic carbocycles. The minimum Gasteiger partial charge on any atom is -0.399 e. The smallest absolute Gasteiger partial charge is 0.123 e. The predicted octanol–water partition coefficient (Wildman–Crippen LogP) is 4.35. The summed E-state index contributed by atoms with van der Waals surface area (Å²) >= 11 is 7.66. The maximum absolute atomic E-state index is 12.7. The summed E-state index contributed by atoms with van der Waals surface area (Å²) in [5.74, 6) is 0.536. The minimum atomic E-state index is -0.218. The van der Waals surface area contributed by atoms with E-state index in [-0.39, 0.29) is 5.82 Å². The average molecular weight is 268 g/mol. The highest BCUT2D eigenvalue weighted by Gasteiger charge is 2.02. The highest BCUT2D eigenvalue weighted by molar-refractivity contribution is 7.98. The first-order valence-corrected chi connectivity index (χ1v) is 6.44. The molecule has 0 aliphatic rings. The van der Waals surface area contributed by atoms with Crippen LogP contribution in [0.3, 0.4) is 0 Å². The first kappa shape index (κ1) is 12.3. The molecule has 17 heavy (non-hydrogen) atoms. The Balaban J connectivity index is 2.04. The monoisotopic (exact) mass is 267 g/mol. The van der Waals surface area contributed by atoms with Gasteiger partial charge >= 0.3 is 0 Å². The van der Waals surface area contributed by atoms with Crippen LogP contribution in [-0.2, 0) is 5.75 Å². The Morgan fingerprint density at radius 3 is 2.47 bits per heavy atom. The van der Waals surface area contributed by atoms with Gasteiger partial charge in [-0.25, -0.2) is 4.39 Å². The van der Waals surface area contributed by atoms with Crippen LogP contribution in [0.5, 0.6) is 0 Å². The van der Waals surface area contributed by atoms with E-state index in [0.717, 1.165) is 16.2 Å². The zero-order valence-electron chi connectivity index (χ0n) is 8.99. The molecular formula is C13H11ClFNS. The fraction of sp³-hybridized carbons (Fsp3) is 0.0769. The van der Waals surface area contributed by atoms with E-state index in [4.69, 9.17) is 17.3 Å². The van der Waals surface area contributed by atoms with Gasteiger partial charge < -0.3 is 5.73 Å². The summed E-state index contributed by atoms with van der Waals surface area (Å²) in [6, 6.07) is 11.9. The first-order chi connectivity index (χ1) is 8.15. The Bertz CT molecular complexity index is 513. The normalized spacial score (nSPS) is 10.5. The highest BCUT2D eigenvalue weighted by atomic mass is 35.5. The van der Waals surface area contributed by atoms with Crippen molar-refractivity contribution < 1.29 is 4.39 Å². The number of nitrogen functional groups attached to an aromatic ring is 1. The molecule has 0 saturated carbocycles. The van der Waals surface area contributed by atoms with Gasteiger partial charge in [-0.05, 0) is 35.9 Å². The van der Waals surface area contributed by atoms with E-state index in [2.05, 4.69) is 0 Å². The van der Waals surface area contributed by atoms with Crippen molar-refractivity contribution in [2.24, 2.45) is 0 Å². The van der Waals surface area contributed by atoms with Crippen molar-refractivity contribution in [1.29, 1.82) is 0 Å². The number of rotatable bonds is 3. The molecule has 0 spiro atoms. The van der Waals surface area contributed by atoms with Crippen LogP contribution >= 0.6 is 23.4 Å². The molecule has 0 amide bonds. The molecule has 2 N–H and O–H groups in total. The summed E-state index contributed by atoms with van der Waals surface area (Å²) in [7, 11) is 0. The van der Waals surface area contributed by atoms with Gasteiger partial charge in [0.1, 0.15) is 5.82 Å². The van der Waals surface area contributed by atoms with E-state index in [1.165, 1.54) is 12.1 Å². The van der Waals surface area contributed by atoms with E-state index in [1.807, 2.05) is 12.1 Å².